The minimum atomic E-state index is -0.106. The van der Waals surface area contributed by atoms with Crippen LogP contribution in [0.5, 0.6) is 0 Å². The Hall–Kier alpha value is -1.22. The molecule has 0 aliphatic heterocycles. The molecule has 1 fully saturated rings. The zero-order valence-corrected chi connectivity index (χ0v) is 10.7. The van der Waals surface area contributed by atoms with Gasteiger partial charge in [-0.3, -0.25) is 0 Å². The summed E-state index contributed by atoms with van der Waals surface area (Å²) < 4.78 is 0. The molecule has 0 heterocycles. The lowest BCUT2D eigenvalue weighted by molar-refractivity contribution is 0.126. The Bertz CT molecular complexity index is 395. The largest absolute Gasteiger partial charge is 0.397 e. The molecule has 17 heavy (non-hydrogen) atoms. The number of aliphatic hydroxyl groups excluding tert-OH is 1. The van der Waals surface area contributed by atoms with E-state index in [2.05, 4.69) is 25.2 Å². The fourth-order valence-electron chi connectivity index (χ4n) is 2.40. The smallest absolute Gasteiger partial charge is 0.0578 e. The Morgan fingerprint density at radius 2 is 1.71 bits per heavy atom. The maximum absolute atomic E-state index is 9.48. The molecule has 3 nitrogen and oxygen atoms in total. The van der Waals surface area contributed by atoms with E-state index < -0.39 is 0 Å². The van der Waals surface area contributed by atoms with Crippen molar-refractivity contribution in [1.29, 1.82) is 0 Å². The first-order valence-corrected chi connectivity index (χ1v) is 6.37. The van der Waals surface area contributed by atoms with Crippen LogP contribution in [0, 0.1) is 13.8 Å². The van der Waals surface area contributed by atoms with Crippen molar-refractivity contribution in [2.75, 3.05) is 11.1 Å². The van der Waals surface area contributed by atoms with Gasteiger partial charge in [-0.15, -0.1) is 0 Å². The molecule has 0 atom stereocenters. The van der Waals surface area contributed by atoms with Crippen LogP contribution in [0.3, 0.4) is 0 Å². The molecule has 94 valence electrons. The summed E-state index contributed by atoms with van der Waals surface area (Å²) in [6.07, 6.45) is 3.72. The zero-order chi connectivity index (χ0) is 12.4. The summed E-state index contributed by atoms with van der Waals surface area (Å²) in [7, 11) is 0. The lowest BCUT2D eigenvalue weighted by Crippen LogP contribution is -2.28. The monoisotopic (exact) mass is 234 g/mol. The fraction of sp³-hybridized carbons (Fsp3) is 0.571. The van der Waals surface area contributed by atoms with Crippen LogP contribution in [0.25, 0.3) is 0 Å². The molecule has 1 aliphatic rings. The first-order valence-electron chi connectivity index (χ1n) is 6.37. The van der Waals surface area contributed by atoms with E-state index in [4.69, 9.17) is 5.73 Å². The molecule has 0 radical (unpaired) electrons. The van der Waals surface area contributed by atoms with Crippen molar-refractivity contribution in [3.8, 4) is 0 Å². The number of nitrogen functional groups attached to an aromatic ring is 1. The Balaban J connectivity index is 2.06. The molecule has 0 spiro atoms. The molecule has 0 unspecified atom stereocenters. The first kappa shape index (κ1) is 12.2. The second-order valence-corrected chi connectivity index (χ2v) is 5.17. The number of benzene rings is 1. The second-order valence-electron chi connectivity index (χ2n) is 5.17. The van der Waals surface area contributed by atoms with Gasteiger partial charge in [-0.1, -0.05) is 0 Å². The summed E-state index contributed by atoms with van der Waals surface area (Å²) in [5.41, 5.74) is 10.4. The zero-order valence-electron chi connectivity index (χ0n) is 10.7. The molecule has 4 N–H and O–H groups in total. The van der Waals surface area contributed by atoms with Crippen LogP contribution in [-0.4, -0.2) is 17.3 Å². The molecule has 1 aliphatic carbocycles. The normalized spacial score (nSPS) is 24.6. The van der Waals surface area contributed by atoms with Gasteiger partial charge in [0.15, 0.2) is 0 Å². The average Bonchev–Trinajstić information content (AvgIpc) is 2.29. The Labute approximate surface area is 103 Å². The maximum atomic E-state index is 9.48. The average molecular weight is 234 g/mol. The van der Waals surface area contributed by atoms with Crippen molar-refractivity contribution in [3.05, 3.63) is 23.3 Å². The highest BCUT2D eigenvalue weighted by Crippen LogP contribution is 2.27. The number of nitrogens with two attached hydrogens (primary N) is 1. The second kappa shape index (κ2) is 4.96. The Morgan fingerprint density at radius 1 is 1.12 bits per heavy atom. The lowest BCUT2D eigenvalue weighted by Gasteiger charge is -2.27. The van der Waals surface area contributed by atoms with Crippen molar-refractivity contribution < 1.29 is 5.11 Å². The van der Waals surface area contributed by atoms with Gasteiger partial charge in [0.2, 0.25) is 0 Å². The molecule has 0 bridgehead atoms. The van der Waals surface area contributed by atoms with Gasteiger partial charge in [0, 0.05) is 6.04 Å². The minimum absolute atomic E-state index is 0.106. The first-order chi connectivity index (χ1) is 8.06. The van der Waals surface area contributed by atoms with Crippen LogP contribution in [0.4, 0.5) is 11.4 Å². The third-order valence-electron chi connectivity index (χ3n) is 3.72. The summed E-state index contributed by atoms with van der Waals surface area (Å²) in [6, 6.07) is 4.59. The maximum Gasteiger partial charge on any atom is 0.0578 e. The van der Waals surface area contributed by atoms with Crippen molar-refractivity contribution in [2.24, 2.45) is 0 Å². The third kappa shape index (κ3) is 2.91. The predicted octanol–water partition coefficient (Wildman–Crippen LogP) is 2.60. The van der Waals surface area contributed by atoms with Crippen molar-refractivity contribution in [3.63, 3.8) is 0 Å². The van der Waals surface area contributed by atoms with E-state index in [1.54, 1.807) is 0 Å². The molecule has 1 aromatic carbocycles. The van der Waals surface area contributed by atoms with Gasteiger partial charge in [0.05, 0.1) is 17.5 Å². The van der Waals surface area contributed by atoms with E-state index in [1.807, 2.05) is 6.07 Å². The van der Waals surface area contributed by atoms with E-state index in [1.165, 1.54) is 11.1 Å². The number of aryl methyl sites for hydroxylation is 2. The Kier molecular flexibility index (Phi) is 3.57. The minimum Gasteiger partial charge on any atom is -0.397 e. The molecular weight excluding hydrogens is 212 g/mol. The van der Waals surface area contributed by atoms with Crippen LogP contribution >= 0.6 is 0 Å². The van der Waals surface area contributed by atoms with Gasteiger partial charge in [-0.25, -0.2) is 0 Å². The Morgan fingerprint density at radius 3 is 2.35 bits per heavy atom. The number of rotatable bonds is 2. The number of aliphatic hydroxyl groups is 1. The number of hydrogen-bond donors (Lipinski definition) is 3. The van der Waals surface area contributed by atoms with E-state index >= 15 is 0 Å². The van der Waals surface area contributed by atoms with Crippen molar-refractivity contribution in [2.45, 2.75) is 51.7 Å². The molecule has 3 heteroatoms. The van der Waals surface area contributed by atoms with Crippen LogP contribution in [-0.2, 0) is 0 Å². The molecule has 2 rings (SSSR count). The van der Waals surface area contributed by atoms with E-state index in [-0.39, 0.29) is 6.10 Å². The number of nitrogens with one attached hydrogen (secondary N) is 1. The standard InChI is InChI=1S/C14H22N2O/c1-9-7-13(15)14(8-10(9)2)16-11-3-5-12(17)6-4-11/h7-8,11-12,16-17H,3-6,15H2,1-2H3. The lowest BCUT2D eigenvalue weighted by atomic mass is 9.93. The number of anilines is 2. The summed E-state index contributed by atoms with van der Waals surface area (Å²) in [6.45, 7) is 4.18. The third-order valence-corrected chi connectivity index (χ3v) is 3.72. The van der Waals surface area contributed by atoms with Gasteiger partial charge < -0.3 is 16.2 Å². The SMILES string of the molecule is Cc1cc(N)c(NC2CCC(O)CC2)cc1C. The quantitative estimate of drug-likeness (QED) is 0.689. The van der Waals surface area contributed by atoms with E-state index in [0.29, 0.717) is 6.04 Å². The van der Waals surface area contributed by atoms with Gasteiger partial charge in [-0.2, -0.15) is 0 Å². The van der Waals surface area contributed by atoms with Gasteiger partial charge in [-0.05, 0) is 62.8 Å². The topological polar surface area (TPSA) is 58.3 Å². The van der Waals surface area contributed by atoms with Gasteiger partial charge in [0.25, 0.3) is 0 Å². The van der Waals surface area contributed by atoms with Crippen LogP contribution in [0.1, 0.15) is 36.8 Å². The molecular formula is C14H22N2O. The van der Waals surface area contributed by atoms with Crippen LogP contribution < -0.4 is 11.1 Å². The van der Waals surface area contributed by atoms with Gasteiger partial charge in [0.1, 0.15) is 0 Å². The summed E-state index contributed by atoms with van der Waals surface area (Å²) in [5.74, 6) is 0. The highest BCUT2D eigenvalue weighted by Gasteiger charge is 2.19. The number of hydrogen-bond acceptors (Lipinski definition) is 3. The van der Waals surface area contributed by atoms with Crippen LogP contribution in [0.15, 0.2) is 12.1 Å². The molecule has 0 aromatic heterocycles. The van der Waals surface area contributed by atoms with E-state index in [9.17, 15) is 5.11 Å². The van der Waals surface area contributed by atoms with Crippen LogP contribution in [0.2, 0.25) is 0 Å². The highest BCUT2D eigenvalue weighted by molar-refractivity contribution is 5.68. The van der Waals surface area contributed by atoms with Crippen molar-refractivity contribution in [1.82, 2.24) is 0 Å². The fourth-order valence-corrected chi connectivity index (χ4v) is 2.40. The summed E-state index contributed by atoms with van der Waals surface area (Å²) in [4.78, 5) is 0. The highest BCUT2D eigenvalue weighted by atomic mass is 16.3. The summed E-state index contributed by atoms with van der Waals surface area (Å²) >= 11 is 0. The predicted molar refractivity (Wildman–Crippen MR) is 72.2 cm³/mol. The molecule has 0 amide bonds. The molecule has 1 aromatic rings. The van der Waals surface area contributed by atoms with Crippen molar-refractivity contribution >= 4 is 11.4 Å². The molecule has 0 saturated heterocycles. The van der Waals surface area contributed by atoms with Gasteiger partial charge >= 0.3 is 0 Å². The van der Waals surface area contributed by atoms with E-state index in [0.717, 1.165) is 37.1 Å². The molecule has 1 saturated carbocycles. The summed E-state index contributed by atoms with van der Waals surface area (Å²) in [5, 5.41) is 13.0.